The molecule has 0 bridgehead atoms. The fourth-order valence-electron chi connectivity index (χ4n) is 1.67. The Morgan fingerprint density at radius 3 is 2.62 bits per heavy atom. The van der Waals surface area contributed by atoms with E-state index < -0.39 is 5.97 Å². The number of nitrogens with one attached hydrogen (secondary N) is 1. The second-order valence-corrected chi connectivity index (χ2v) is 6.69. The second-order valence-electron chi connectivity index (χ2n) is 4.42. The van der Waals surface area contributed by atoms with Gasteiger partial charge in [-0.1, -0.05) is 11.3 Å². The highest BCUT2D eigenvalue weighted by Gasteiger charge is 2.23. The maximum absolute atomic E-state index is 11.6. The van der Waals surface area contributed by atoms with Gasteiger partial charge in [0.15, 0.2) is 16.6 Å². The molecule has 0 aliphatic carbocycles. The molecule has 1 N–H and O–H groups in total. The zero-order valence-electron chi connectivity index (χ0n) is 12.1. The molecule has 2 rings (SSSR count). The molecule has 1 unspecified atom stereocenters. The summed E-state index contributed by atoms with van der Waals surface area (Å²) < 4.78 is 4.65. The molecule has 1 atom stereocenters. The van der Waals surface area contributed by atoms with Crippen molar-refractivity contribution in [1.82, 2.24) is 9.97 Å². The average Bonchev–Trinajstić information content (AvgIpc) is 3.04. The molecule has 0 saturated carbocycles. The monoisotopic (exact) mass is 325 g/mol. The minimum atomic E-state index is -0.609. The molecule has 8 heteroatoms. The molecule has 21 heavy (non-hydrogen) atoms. The van der Waals surface area contributed by atoms with Crippen LogP contribution >= 0.6 is 22.7 Å². The van der Waals surface area contributed by atoms with Crippen LogP contribution in [-0.4, -0.2) is 28.8 Å². The minimum Gasteiger partial charge on any atom is -0.464 e. The van der Waals surface area contributed by atoms with Gasteiger partial charge in [0.1, 0.15) is 9.88 Å². The van der Waals surface area contributed by atoms with Crippen LogP contribution in [0.25, 0.3) is 0 Å². The van der Waals surface area contributed by atoms with E-state index in [4.69, 9.17) is 0 Å². The highest BCUT2D eigenvalue weighted by Crippen LogP contribution is 2.29. The Hall–Kier alpha value is -1.80. The van der Waals surface area contributed by atoms with Gasteiger partial charge in [0.05, 0.1) is 13.2 Å². The van der Waals surface area contributed by atoms with E-state index in [2.05, 4.69) is 20.0 Å². The lowest BCUT2D eigenvalue weighted by atomic mass is 10.3. The van der Waals surface area contributed by atoms with Crippen LogP contribution in [0.4, 0.5) is 5.13 Å². The normalized spacial score (nSPS) is 12.0. The number of aryl methyl sites for hydroxylation is 1. The van der Waals surface area contributed by atoms with Crippen LogP contribution in [0.5, 0.6) is 0 Å². The van der Waals surface area contributed by atoms with Crippen LogP contribution in [0.15, 0.2) is 6.20 Å². The fourth-order valence-corrected chi connectivity index (χ4v) is 3.39. The van der Waals surface area contributed by atoms with Crippen molar-refractivity contribution in [1.29, 1.82) is 0 Å². The van der Waals surface area contributed by atoms with Crippen molar-refractivity contribution in [3.05, 3.63) is 26.7 Å². The van der Waals surface area contributed by atoms with Crippen molar-refractivity contribution >= 4 is 39.6 Å². The van der Waals surface area contributed by atoms with Crippen LogP contribution in [-0.2, 0) is 4.74 Å². The van der Waals surface area contributed by atoms with Crippen molar-refractivity contribution in [3.8, 4) is 0 Å². The van der Waals surface area contributed by atoms with E-state index in [0.29, 0.717) is 10.0 Å². The standard InChI is InChI=1S/C13H15N3O3S2/c1-6-5-14-11(20-6)7(2)15-13-16-9(12(18)19-4)10(21-13)8(3)17/h5,7H,1-4H3,(H,15,16). The molecule has 0 aliphatic heterocycles. The summed E-state index contributed by atoms with van der Waals surface area (Å²) in [5, 5.41) is 4.59. The number of methoxy groups -OCH3 is 1. The molecule has 0 aliphatic rings. The lowest BCUT2D eigenvalue weighted by molar-refractivity contribution is 0.0591. The Morgan fingerprint density at radius 2 is 2.10 bits per heavy atom. The van der Waals surface area contributed by atoms with E-state index >= 15 is 0 Å². The minimum absolute atomic E-state index is 0.0554. The molecule has 0 radical (unpaired) electrons. The Balaban J connectivity index is 2.24. The molecule has 0 amide bonds. The van der Waals surface area contributed by atoms with Gasteiger partial charge in [0.2, 0.25) is 0 Å². The summed E-state index contributed by atoms with van der Waals surface area (Å²) >= 11 is 2.73. The third kappa shape index (κ3) is 3.45. The van der Waals surface area contributed by atoms with Gasteiger partial charge in [-0.15, -0.1) is 11.3 Å². The van der Waals surface area contributed by atoms with E-state index in [1.165, 1.54) is 14.0 Å². The molecular formula is C13H15N3O3S2. The zero-order valence-corrected chi connectivity index (χ0v) is 13.7. The Morgan fingerprint density at radius 1 is 1.38 bits per heavy atom. The van der Waals surface area contributed by atoms with Crippen LogP contribution in [0.2, 0.25) is 0 Å². The largest absolute Gasteiger partial charge is 0.464 e. The number of hydrogen-bond acceptors (Lipinski definition) is 8. The number of rotatable bonds is 5. The topological polar surface area (TPSA) is 81.2 Å². The first-order valence-corrected chi connectivity index (χ1v) is 7.84. The van der Waals surface area contributed by atoms with E-state index in [1.807, 2.05) is 13.8 Å². The maximum atomic E-state index is 11.6. The molecule has 6 nitrogen and oxygen atoms in total. The molecule has 112 valence electrons. The Labute approximate surface area is 130 Å². The number of ether oxygens (including phenoxy) is 1. The van der Waals surface area contributed by atoms with Crippen molar-refractivity contribution in [2.75, 3.05) is 12.4 Å². The van der Waals surface area contributed by atoms with Crippen LogP contribution in [0.3, 0.4) is 0 Å². The third-order valence-electron chi connectivity index (χ3n) is 2.68. The molecule has 0 saturated heterocycles. The van der Waals surface area contributed by atoms with Crippen molar-refractivity contribution in [2.24, 2.45) is 0 Å². The number of carbonyl (C=O) groups excluding carboxylic acids is 2. The lowest BCUT2D eigenvalue weighted by Crippen LogP contribution is -2.08. The van der Waals surface area contributed by atoms with Gasteiger partial charge >= 0.3 is 5.97 Å². The van der Waals surface area contributed by atoms with E-state index in [0.717, 1.165) is 21.2 Å². The van der Waals surface area contributed by atoms with Gasteiger partial charge in [-0.25, -0.2) is 14.8 Å². The fraction of sp³-hybridized carbons (Fsp3) is 0.385. The lowest BCUT2D eigenvalue weighted by Gasteiger charge is -2.08. The van der Waals surface area contributed by atoms with E-state index in [9.17, 15) is 9.59 Å². The summed E-state index contributed by atoms with van der Waals surface area (Å²) in [6.45, 7) is 5.34. The van der Waals surface area contributed by atoms with Crippen molar-refractivity contribution in [3.63, 3.8) is 0 Å². The summed E-state index contributed by atoms with van der Waals surface area (Å²) in [7, 11) is 1.26. The Bertz CT molecular complexity index is 678. The maximum Gasteiger partial charge on any atom is 0.358 e. The number of hydrogen-bond donors (Lipinski definition) is 1. The van der Waals surface area contributed by atoms with Crippen LogP contribution in [0.1, 0.15) is 49.9 Å². The van der Waals surface area contributed by atoms with Crippen LogP contribution < -0.4 is 5.32 Å². The second kappa shape index (κ2) is 6.31. The summed E-state index contributed by atoms with van der Waals surface area (Å²) in [5.41, 5.74) is 0.0556. The molecule has 2 heterocycles. The molecule has 2 aromatic rings. The summed E-state index contributed by atoms with van der Waals surface area (Å²) in [4.78, 5) is 33.1. The summed E-state index contributed by atoms with van der Waals surface area (Å²) in [5.74, 6) is -0.819. The number of anilines is 1. The quantitative estimate of drug-likeness (QED) is 0.672. The van der Waals surface area contributed by atoms with Gasteiger partial charge in [0.25, 0.3) is 0 Å². The van der Waals surface area contributed by atoms with Gasteiger partial charge in [-0.3, -0.25) is 4.79 Å². The van der Waals surface area contributed by atoms with E-state index in [1.54, 1.807) is 17.5 Å². The van der Waals surface area contributed by atoms with Crippen molar-refractivity contribution < 1.29 is 14.3 Å². The number of esters is 1. The van der Waals surface area contributed by atoms with Gasteiger partial charge in [-0.05, 0) is 13.8 Å². The smallest absolute Gasteiger partial charge is 0.358 e. The Kier molecular flexibility index (Phi) is 4.69. The molecular weight excluding hydrogens is 310 g/mol. The first kappa shape index (κ1) is 15.6. The summed E-state index contributed by atoms with van der Waals surface area (Å²) in [6.07, 6.45) is 1.81. The zero-order chi connectivity index (χ0) is 15.6. The number of aromatic nitrogens is 2. The predicted molar refractivity (Wildman–Crippen MR) is 82.3 cm³/mol. The number of nitrogens with zero attached hydrogens (tertiary/aromatic N) is 2. The van der Waals surface area contributed by atoms with Crippen LogP contribution in [0, 0.1) is 6.92 Å². The van der Waals surface area contributed by atoms with Gasteiger partial charge < -0.3 is 10.1 Å². The molecule has 2 aromatic heterocycles. The van der Waals surface area contributed by atoms with E-state index in [-0.39, 0.29) is 17.5 Å². The average molecular weight is 325 g/mol. The molecule has 0 spiro atoms. The molecule has 0 aromatic carbocycles. The third-order valence-corrected chi connectivity index (χ3v) is 4.86. The predicted octanol–water partition coefficient (Wildman–Crippen LogP) is 3.07. The number of ketones is 1. The van der Waals surface area contributed by atoms with Gasteiger partial charge in [-0.2, -0.15) is 0 Å². The number of Topliss-reactive ketones (excluding diaryl/α,β-unsaturated/α-hetero) is 1. The number of carbonyl (C=O) groups is 2. The first-order valence-electron chi connectivity index (χ1n) is 6.21. The molecule has 0 fully saturated rings. The van der Waals surface area contributed by atoms with Gasteiger partial charge in [0, 0.05) is 18.0 Å². The number of thiazole rings is 2. The SMILES string of the molecule is COC(=O)c1nc(NC(C)c2ncc(C)s2)sc1C(C)=O. The first-order chi connectivity index (χ1) is 9.92. The highest BCUT2D eigenvalue weighted by molar-refractivity contribution is 7.17. The highest BCUT2D eigenvalue weighted by atomic mass is 32.1. The summed E-state index contributed by atoms with van der Waals surface area (Å²) in [6, 6.07) is -0.0554. The van der Waals surface area contributed by atoms with Crippen molar-refractivity contribution in [2.45, 2.75) is 26.8 Å².